The number of benzene rings is 1. The molecule has 0 aliphatic rings. The van der Waals surface area contributed by atoms with Crippen LogP contribution >= 0.6 is 0 Å². The van der Waals surface area contributed by atoms with E-state index in [1.54, 1.807) is 0 Å². The number of hydrogen-bond donors (Lipinski definition) is 1. The lowest BCUT2D eigenvalue weighted by molar-refractivity contribution is 0.830. The first-order valence-electron chi connectivity index (χ1n) is 5.47. The first kappa shape index (κ1) is 10.2. The molecule has 0 bridgehead atoms. The van der Waals surface area contributed by atoms with E-state index in [0.29, 0.717) is 0 Å². The lowest BCUT2D eigenvalue weighted by atomic mass is 10.1. The van der Waals surface area contributed by atoms with Gasteiger partial charge in [-0.25, -0.2) is 0 Å². The molecule has 0 atom stereocenters. The third-order valence-corrected chi connectivity index (χ3v) is 2.88. The molecule has 0 aliphatic carbocycles. The van der Waals surface area contributed by atoms with Gasteiger partial charge in [0.25, 0.3) is 0 Å². The Hall–Kier alpha value is -1.28. The van der Waals surface area contributed by atoms with Gasteiger partial charge in [-0.2, -0.15) is 0 Å². The van der Waals surface area contributed by atoms with Crippen molar-refractivity contribution in [3.05, 3.63) is 35.5 Å². The first-order valence-corrected chi connectivity index (χ1v) is 5.47. The SMILES string of the molecule is Cc1ccc2c(CCCN)cn(C)c2c1. The molecule has 2 N–H and O–H groups in total. The van der Waals surface area contributed by atoms with Gasteiger partial charge in [0.2, 0.25) is 0 Å². The van der Waals surface area contributed by atoms with Crippen LogP contribution in [0.5, 0.6) is 0 Å². The highest BCUT2D eigenvalue weighted by Gasteiger charge is 2.05. The van der Waals surface area contributed by atoms with Gasteiger partial charge >= 0.3 is 0 Å². The molecular weight excluding hydrogens is 184 g/mol. The standard InChI is InChI=1S/C13H18N2/c1-10-5-6-12-11(4-3-7-14)9-15(2)13(12)8-10/h5-6,8-9H,3-4,7,14H2,1-2H3. The summed E-state index contributed by atoms with van der Waals surface area (Å²) >= 11 is 0. The van der Waals surface area contributed by atoms with E-state index in [0.717, 1.165) is 19.4 Å². The van der Waals surface area contributed by atoms with Crippen molar-refractivity contribution in [1.29, 1.82) is 0 Å². The Morgan fingerprint density at radius 1 is 1.33 bits per heavy atom. The summed E-state index contributed by atoms with van der Waals surface area (Å²) in [6.07, 6.45) is 4.36. The fraction of sp³-hybridized carbons (Fsp3) is 0.385. The third-order valence-electron chi connectivity index (χ3n) is 2.88. The van der Waals surface area contributed by atoms with E-state index in [4.69, 9.17) is 5.73 Å². The highest BCUT2D eigenvalue weighted by Crippen LogP contribution is 2.22. The summed E-state index contributed by atoms with van der Waals surface area (Å²) in [7, 11) is 2.10. The molecule has 0 fully saturated rings. The summed E-state index contributed by atoms with van der Waals surface area (Å²) in [5.41, 5.74) is 9.59. The summed E-state index contributed by atoms with van der Waals surface area (Å²) in [5, 5.41) is 1.37. The number of nitrogens with zero attached hydrogens (tertiary/aromatic N) is 1. The van der Waals surface area contributed by atoms with Gasteiger partial charge in [0.1, 0.15) is 0 Å². The zero-order valence-electron chi connectivity index (χ0n) is 9.46. The number of fused-ring (bicyclic) bond motifs is 1. The number of aryl methyl sites for hydroxylation is 3. The summed E-state index contributed by atoms with van der Waals surface area (Å²) in [6.45, 7) is 2.90. The maximum absolute atomic E-state index is 5.54. The molecule has 1 aromatic carbocycles. The minimum absolute atomic E-state index is 0.766. The molecule has 15 heavy (non-hydrogen) atoms. The fourth-order valence-electron chi connectivity index (χ4n) is 2.07. The lowest BCUT2D eigenvalue weighted by Gasteiger charge is -1.98. The Bertz CT molecular complexity index is 469. The Balaban J connectivity index is 2.48. The number of hydrogen-bond acceptors (Lipinski definition) is 1. The molecule has 0 saturated carbocycles. The van der Waals surface area contributed by atoms with Crippen molar-refractivity contribution in [1.82, 2.24) is 4.57 Å². The summed E-state index contributed by atoms with van der Waals surface area (Å²) in [5.74, 6) is 0. The van der Waals surface area contributed by atoms with Crippen LogP contribution in [-0.4, -0.2) is 11.1 Å². The van der Waals surface area contributed by atoms with E-state index in [2.05, 4.69) is 42.9 Å². The van der Waals surface area contributed by atoms with Crippen molar-refractivity contribution in [3.8, 4) is 0 Å². The van der Waals surface area contributed by atoms with Crippen LogP contribution in [0.3, 0.4) is 0 Å². The second-order valence-corrected chi connectivity index (χ2v) is 4.18. The van der Waals surface area contributed by atoms with Gasteiger partial charge in [0.05, 0.1) is 0 Å². The highest BCUT2D eigenvalue weighted by atomic mass is 14.9. The molecule has 0 unspecified atom stereocenters. The van der Waals surface area contributed by atoms with Crippen LogP contribution < -0.4 is 5.73 Å². The Morgan fingerprint density at radius 3 is 2.87 bits per heavy atom. The van der Waals surface area contributed by atoms with Crippen LogP contribution in [0.25, 0.3) is 10.9 Å². The number of nitrogens with two attached hydrogens (primary N) is 1. The van der Waals surface area contributed by atoms with Crippen LogP contribution in [-0.2, 0) is 13.5 Å². The minimum Gasteiger partial charge on any atom is -0.350 e. The number of rotatable bonds is 3. The molecule has 2 heteroatoms. The average Bonchev–Trinajstić information content (AvgIpc) is 2.53. The van der Waals surface area contributed by atoms with E-state index in [1.165, 1.54) is 22.0 Å². The zero-order valence-corrected chi connectivity index (χ0v) is 9.46. The second-order valence-electron chi connectivity index (χ2n) is 4.18. The molecule has 0 aliphatic heterocycles. The molecule has 1 heterocycles. The minimum atomic E-state index is 0.766. The molecule has 0 saturated heterocycles. The van der Waals surface area contributed by atoms with Crippen LogP contribution in [0.4, 0.5) is 0 Å². The molecule has 2 nitrogen and oxygen atoms in total. The van der Waals surface area contributed by atoms with E-state index in [1.807, 2.05) is 0 Å². The maximum atomic E-state index is 5.54. The van der Waals surface area contributed by atoms with Crippen molar-refractivity contribution >= 4 is 10.9 Å². The van der Waals surface area contributed by atoms with Crippen molar-refractivity contribution in [3.63, 3.8) is 0 Å². The zero-order chi connectivity index (χ0) is 10.8. The van der Waals surface area contributed by atoms with E-state index in [9.17, 15) is 0 Å². The van der Waals surface area contributed by atoms with Crippen LogP contribution in [0.15, 0.2) is 24.4 Å². The fourth-order valence-corrected chi connectivity index (χ4v) is 2.07. The largest absolute Gasteiger partial charge is 0.350 e. The van der Waals surface area contributed by atoms with Gasteiger partial charge in [0, 0.05) is 24.1 Å². The Kier molecular flexibility index (Phi) is 2.78. The average molecular weight is 202 g/mol. The van der Waals surface area contributed by atoms with Gasteiger partial charge in [-0.05, 0) is 43.5 Å². The van der Waals surface area contributed by atoms with E-state index >= 15 is 0 Å². The Labute approximate surface area is 90.7 Å². The van der Waals surface area contributed by atoms with Crippen LogP contribution in [0.2, 0.25) is 0 Å². The van der Waals surface area contributed by atoms with E-state index < -0.39 is 0 Å². The molecule has 1 aromatic heterocycles. The molecule has 80 valence electrons. The monoisotopic (exact) mass is 202 g/mol. The molecule has 0 radical (unpaired) electrons. The van der Waals surface area contributed by atoms with E-state index in [-0.39, 0.29) is 0 Å². The van der Waals surface area contributed by atoms with Crippen molar-refractivity contribution in [2.24, 2.45) is 12.8 Å². The van der Waals surface area contributed by atoms with Crippen molar-refractivity contribution < 1.29 is 0 Å². The van der Waals surface area contributed by atoms with Gasteiger partial charge in [0.15, 0.2) is 0 Å². The summed E-state index contributed by atoms with van der Waals surface area (Å²) in [4.78, 5) is 0. The van der Waals surface area contributed by atoms with Crippen LogP contribution in [0.1, 0.15) is 17.5 Å². The van der Waals surface area contributed by atoms with Crippen molar-refractivity contribution in [2.75, 3.05) is 6.54 Å². The van der Waals surface area contributed by atoms with Crippen LogP contribution in [0, 0.1) is 6.92 Å². The summed E-state index contributed by atoms with van der Waals surface area (Å²) < 4.78 is 2.20. The van der Waals surface area contributed by atoms with Gasteiger partial charge in [-0.3, -0.25) is 0 Å². The van der Waals surface area contributed by atoms with Gasteiger partial charge < -0.3 is 10.3 Å². The molecule has 2 aromatic rings. The van der Waals surface area contributed by atoms with Gasteiger partial charge in [-0.1, -0.05) is 12.1 Å². The molecule has 0 amide bonds. The predicted molar refractivity (Wildman–Crippen MR) is 65.0 cm³/mol. The predicted octanol–water partition coefficient (Wildman–Crippen LogP) is 2.38. The third kappa shape index (κ3) is 1.90. The van der Waals surface area contributed by atoms with Crippen molar-refractivity contribution in [2.45, 2.75) is 19.8 Å². The second kappa shape index (κ2) is 4.07. The molecule has 0 spiro atoms. The summed E-state index contributed by atoms with van der Waals surface area (Å²) in [6, 6.07) is 6.63. The van der Waals surface area contributed by atoms with Gasteiger partial charge in [-0.15, -0.1) is 0 Å². The topological polar surface area (TPSA) is 30.9 Å². The quantitative estimate of drug-likeness (QED) is 0.814. The smallest absolute Gasteiger partial charge is 0.0483 e. The molecule has 2 rings (SSSR count). The molecular formula is C13H18N2. The highest BCUT2D eigenvalue weighted by molar-refractivity contribution is 5.84. The lowest BCUT2D eigenvalue weighted by Crippen LogP contribution is -1.99. The Morgan fingerprint density at radius 2 is 2.13 bits per heavy atom. The normalized spacial score (nSPS) is 11.1. The first-order chi connectivity index (χ1) is 7.22. The number of aromatic nitrogens is 1. The maximum Gasteiger partial charge on any atom is 0.0483 e.